The predicted molar refractivity (Wildman–Crippen MR) is 120 cm³/mol. The number of carbonyl (C=O) groups excluding carboxylic acids is 2. The minimum Gasteiger partial charge on any atom is -0.493 e. The highest BCUT2D eigenvalue weighted by atomic mass is 79.9. The molecule has 0 unspecified atom stereocenters. The molecular formula is C22H28BrNO4S. The van der Waals surface area contributed by atoms with Gasteiger partial charge >= 0.3 is 0 Å². The van der Waals surface area contributed by atoms with Gasteiger partial charge in [0.2, 0.25) is 0 Å². The summed E-state index contributed by atoms with van der Waals surface area (Å²) in [6.45, 7) is 4.60. The third kappa shape index (κ3) is 5.37. The number of methoxy groups -OCH3 is 1. The number of halogens is 1. The van der Waals surface area contributed by atoms with Crippen LogP contribution in [0.25, 0.3) is 6.08 Å². The Kier molecular flexibility index (Phi) is 7.68. The molecule has 2 amide bonds. The van der Waals surface area contributed by atoms with Crippen molar-refractivity contribution in [2.24, 2.45) is 5.92 Å². The molecule has 1 saturated carbocycles. The molecule has 1 aliphatic heterocycles. The molecule has 1 saturated heterocycles. The summed E-state index contributed by atoms with van der Waals surface area (Å²) in [5.41, 5.74) is 0.786. The molecule has 0 spiro atoms. The molecule has 29 heavy (non-hydrogen) atoms. The molecule has 1 aromatic carbocycles. The van der Waals surface area contributed by atoms with Crippen molar-refractivity contribution in [3.63, 3.8) is 0 Å². The van der Waals surface area contributed by atoms with E-state index in [1.807, 2.05) is 19.1 Å². The fraction of sp³-hybridized carbons (Fsp3) is 0.545. The monoisotopic (exact) mass is 481 g/mol. The lowest BCUT2D eigenvalue weighted by Gasteiger charge is -2.25. The van der Waals surface area contributed by atoms with Gasteiger partial charge < -0.3 is 9.47 Å². The smallest absolute Gasteiger partial charge is 0.293 e. The second-order valence-electron chi connectivity index (χ2n) is 7.67. The lowest BCUT2D eigenvalue weighted by Crippen LogP contribution is -2.34. The molecule has 2 fully saturated rings. The molecule has 5 nitrogen and oxygen atoms in total. The Morgan fingerprint density at radius 2 is 2.00 bits per heavy atom. The maximum Gasteiger partial charge on any atom is 0.293 e. The topological polar surface area (TPSA) is 55.8 Å². The number of benzene rings is 1. The summed E-state index contributed by atoms with van der Waals surface area (Å²) >= 11 is 4.56. The van der Waals surface area contributed by atoms with Crippen LogP contribution in [0.5, 0.6) is 11.5 Å². The van der Waals surface area contributed by atoms with Gasteiger partial charge in [0.15, 0.2) is 11.5 Å². The van der Waals surface area contributed by atoms with E-state index in [-0.39, 0.29) is 17.3 Å². The Bertz CT molecular complexity index is 804. The lowest BCUT2D eigenvalue weighted by atomic mass is 9.89. The summed E-state index contributed by atoms with van der Waals surface area (Å²) in [5, 5.41) is -0.172. The van der Waals surface area contributed by atoms with Gasteiger partial charge in [0, 0.05) is 6.54 Å². The van der Waals surface area contributed by atoms with E-state index in [0.29, 0.717) is 28.9 Å². The van der Waals surface area contributed by atoms with E-state index in [1.54, 1.807) is 13.2 Å². The maximum atomic E-state index is 12.8. The van der Waals surface area contributed by atoms with Crippen LogP contribution in [0.15, 0.2) is 21.5 Å². The van der Waals surface area contributed by atoms with Crippen molar-refractivity contribution >= 4 is 44.9 Å². The highest BCUT2D eigenvalue weighted by Gasteiger charge is 2.36. The van der Waals surface area contributed by atoms with Crippen LogP contribution in [0.3, 0.4) is 0 Å². The summed E-state index contributed by atoms with van der Waals surface area (Å²) in [6, 6.07) is 3.72. The molecule has 0 bridgehead atoms. The number of imide groups is 1. The number of rotatable bonds is 7. The van der Waals surface area contributed by atoms with Crippen LogP contribution in [-0.4, -0.2) is 35.8 Å². The zero-order valence-corrected chi connectivity index (χ0v) is 19.6. The Morgan fingerprint density at radius 1 is 1.28 bits per heavy atom. The number of thioether (sulfide) groups is 1. The molecule has 158 valence electrons. The number of carbonyl (C=O) groups is 2. The second-order valence-corrected chi connectivity index (χ2v) is 9.51. The average Bonchev–Trinajstić information content (AvgIpc) is 2.97. The first kappa shape index (κ1) is 22.2. The van der Waals surface area contributed by atoms with Crippen LogP contribution in [0.4, 0.5) is 4.79 Å². The number of amides is 2. The Morgan fingerprint density at radius 3 is 2.66 bits per heavy atom. The van der Waals surface area contributed by atoms with Crippen molar-refractivity contribution in [3.8, 4) is 11.5 Å². The van der Waals surface area contributed by atoms with Crippen molar-refractivity contribution in [3.05, 3.63) is 27.1 Å². The van der Waals surface area contributed by atoms with E-state index in [9.17, 15) is 9.59 Å². The molecule has 3 rings (SSSR count). The quantitative estimate of drug-likeness (QED) is 0.430. The van der Waals surface area contributed by atoms with E-state index in [2.05, 4.69) is 22.9 Å². The normalized spacial score (nSPS) is 20.4. The summed E-state index contributed by atoms with van der Waals surface area (Å²) in [4.78, 5) is 27.1. The second kappa shape index (κ2) is 10.0. The van der Waals surface area contributed by atoms with Crippen LogP contribution in [0.1, 0.15) is 57.9 Å². The number of hydrogen-bond donors (Lipinski definition) is 0. The van der Waals surface area contributed by atoms with Gasteiger partial charge in [-0.3, -0.25) is 14.5 Å². The number of hydrogen-bond acceptors (Lipinski definition) is 5. The zero-order chi connectivity index (χ0) is 21.0. The molecule has 1 heterocycles. The van der Waals surface area contributed by atoms with E-state index in [1.165, 1.54) is 24.2 Å². The van der Waals surface area contributed by atoms with Crippen LogP contribution < -0.4 is 9.47 Å². The van der Waals surface area contributed by atoms with E-state index < -0.39 is 0 Å². The average molecular weight is 482 g/mol. The van der Waals surface area contributed by atoms with Crippen LogP contribution in [-0.2, 0) is 4.79 Å². The van der Waals surface area contributed by atoms with Crippen molar-refractivity contribution in [1.82, 2.24) is 4.90 Å². The van der Waals surface area contributed by atoms with Gasteiger partial charge in [0.25, 0.3) is 11.1 Å². The first-order valence-electron chi connectivity index (χ1n) is 10.2. The third-order valence-corrected chi connectivity index (χ3v) is 6.98. The standard InChI is InChI=1S/C22H28BrNO4S/c1-4-14(2)28-20-17(23)10-16(11-18(20)27-3)12-19-21(25)24(22(26)29-19)13-15-8-6-5-7-9-15/h10-12,14-15H,4-9,13H2,1-3H3/b19-12+/t14-/m1/s1. The van der Waals surface area contributed by atoms with Gasteiger partial charge in [-0.25, -0.2) is 0 Å². The number of ether oxygens (including phenoxy) is 2. The molecule has 0 aromatic heterocycles. The molecule has 1 atom stereocenters. The highest BCUT2D eigenvalue weighted by molar-refractivity contribution is 9.10. The lowest BCUT2D eigenvalue weighted by molar-refractivity contribution is -0.123. The van der Waals surface area contributed by atoms with Gasteiger partial charge in [-0.1, -0.05) is 26.2 Å². The van der Waals surface area contributed by atoms with Crippen molar-refractivity contribution < 1.29 is 19.1 Å². The van der Waals surface area contributed by atoms with Crippen LogP contribution in [0, 0.1) is 5.92 Å². The fourth-order valence-corrected chi connectivity index (χ4v) is 5.06. The first-order chi connectivity index (χ1) is 13.9. The highest BCUT2D eigenvalue weighted by Crippen LogP contribution is 2.40. The molecule has 1 aliphatic carbocycles. The van der Waals surface area contributed by atoms with Crippen molar-refractivity contribution in [1.29, 1.82) is 0 Å². The zero-order valence-electron chi connectivity index (χ0n) is 17.2. The summed E-state index contributed by atoms with van der Waals surface area (Å²) < 4.78 is 12.2. The Labute approximate surface area is 185 Å². The molecule has 2 aliphatic rings. The van der Waals surface area contributed by atoms with Crippen LogP contribution in [0.2, 0.25) is 0 Å². The van der Waals surface area contributed by atoms with Gasteiger partial charge in [-0.2, -0.15) is 0 Å². The van der Waals surface area contributed by atoms with Gasteiger partial charge in [0.1, 0.15) is 0 Å². The molecular weight excluding hydrogens is 454 g/mol. The van der Waals surface area contributed by atoms with Crippen molar-refractivity contribution in [2.75, 3.05) is 13.7 Å². The first-order valence-corrected chi connectivity index (χ1v) is 11.8. The summed E-state index contributed by atoms with van der Waals surface area (Å²) in [7, 11) is 1.59. The maximum absolute atomic E-state index is 12.8. The van der Waals surface area contributed by atoms with Crippen molar-refractivity contribution in [2.45, 2.75) is 58.5 Å². The Hall–Kier alpha value is -1.47. The van der Waals surface area contributed by atoms with E-state index >= 15 is 0 Å². The molecule has 0 radical (unpaired) electrons. The van der Waals surface area contributed by atoms with E-state index in [0.717, 1.165) is 41.1 Å². The SMILES string of the molecule is CC[C@@H](C)Oc1c(Br)cc(/C=C2/SC(=O)N(CC3CCCCC3)C2=O)cc1OC. The fourth-order valence-electron chi connectivity index (χ4n) is 3.66. The Balaban J connectivity index is 1.79. The minimum atomic E-state index is -0.194. The van der Waals surface area contributed by atoms with Crippen LogP contribution >= 0.6 is 27.7 Å². The third-order valence-electron chi connectivity index (χ3n) is 5.48. The van der Waals surface area contributed by atoms with Gasteiger partial charge in [-0.05, 0) is 83.6 Å². The molecule has 7 heteroatoms. The number of nitrogens with zero attached hydrogens (tertiary/aromatic N) is 1. The molecule has 1 aromatic rings. The summed E-state index contributed by atoms with van der Waals surface area (Å²) in [5.74, 6) is 1.47. The predicted octanol–water partition coefficient (Wildman–Crippen LogP) is 6.25. The summed E-state index contributed by atoms with van der Waals surface area (Å²) in [6.07, 6.45) is 8.53. The minimum absolute atomic E-state index is 0.0577. The van der Waals surface area contributed by atoms with Gasteiger partial charge in [0.05, 0.1) is 22.6 Å². The van der Waals surface area contributed by atoms with E-state index in [4.69, 9.17) is 9.47 Å². The molecule has 0 N–H and O–H groups in total. The largest absolute Gasteiger partial charge is 0.493 e. The van der Waals surface area contributed by atoms with Gasteiger partial charge in [-0.15, -0.1) is 0 Å².